The minimum absolute atomic E-state index is 0.375. The van der Waals surface area contributed by atoms with Crippen LogP contribution in [0.4, 0.5) is 5.69 Å². The number of thiophene rings is 1. The molecule has 96 valence electrons. The Morgan fingerprint density at radius 1 is 1.41 bits per heavy atom. The lowest BCUT2D eigenvalue weighted by Crippen LogP contribution is -2.56. The van der Waals surface area contributed by atoms with Crippen LogP contribution in [0.2, 0.25) is 0 Å². The molecule has 0 atom stereocenters. The Bertz CT molecular complexity index is 373. The van der Waals surface area contributed by atoms with E-state index in [9.17, 15) is 4.79 Å². The number of aliphatic hydroxyl groups is 3. The van der Waals surface area contributed by atoms with Gasteiger partial charge in [0.2, 0.25) is 0 Å². The van der Waals surface area contributed by atoms with Gasteiger partial charge in [0.25, 0.3) is 5.91 Å². The van der Waals surface area contributed by atoms with E-state index in [0.29, 0.717) is 10.6 Å². The van der Waals surface area contributed by atoms with Gasteiger partial charge in [0.05, 0.1) is 24.7 Å². The van der Waals surface area contributed by atoms with Gasteiger partial charge in [-0.25, -0.2) is 0 Å². The molecular formula is C10H16N2O4S. The number of carbonyl (C=O) groups is 1. The van der Waals surface area contributed by atoms with Crippen molar-refractivity contribution in [2.45, 2.75) is 12.5 Å². The molecule has 0 aliphatic carbocycles. The zero-order chi connectivity index (χ0) is 13.1. The van der Waals surface area contributed by atoms with Gasteiger partial charge in [-0.05, 0) is 13.0 Å². The molecule has 0 radical (unpaired) electrons. The molecule has 0 fully saturated rings. The van der Waals surface area contributed by atoms with E-state index in [1.165, 1.54) is 17.4 Å². The van der Waals surface area contributed by atoms with Crippen molar-refractivity contribution in [3.63, 3.8) is 0 Å². The third-order valence-corrected chi connectivity index (χ3v) is 3.53. The van der Waals surface area contributed by atoms with Crippen LogP contribution in [0, 0.1) is 6.92 Å². The number of nitrogens with two attached hydrogens (primary N) is 1. The summed E-state index contributed by atoms with van der Waals surface area (Å²) in [5, 5.41) is 29.6. The fourth-order valence-electron chi connectivity index (χ4n) is 1.18. The van der Waals surface area contributed by atoms with Crippen molar-refractivity contribution in [2.75, 3.05) is 25.6 Å². The Kier molecular flexibility index (Phi) is 4.47. The summed E-state index contributed by atoms with van der Waals surface area (Å²) in [6, 6.07) is 1.52. The smallest absolute Gasteiger partial charge is 0.262 e. The molecule has 17 heavy (non-hydrogen) atoms. The van der Waals surface area contributed by atoms with Crippen LogP contribution in [0.5, 0.6) is 0 Å². The highest BCUT2D eigenvalue weighted by molar-refractivity contribution is 7.14. The van der Waals surface area contributed by atoms with Crippen molar-refractivity contribution >= 4 is 22.9 Å². The summed E-state index contributed by atoms with van der Waals surface area (Å²) >= 11 is 1.21. The third-order valence-electron chi connectivity index (χ3n) is 2.47. The van der Waals surface area contributed by atoms with Crippen molar-refractivity contribution in [3.05, 3.63) is 15.8 Å². The second-order valence-electron chi connectivity index (χ2n) is 3.83. The van der Waals surface area contributed by atoms with E-state index >= 15 is 0 Å². The van der Waals surface area contributed by atoms with Crippen LogP contribution in [-0.4, -0.2) is 46.6 Å². The quantitative estimate of drug-likeness (QED) is 0.470. The number of nitrogen functional groups attached to an aromatic ring is 1. The van der Waals surface area contributed by atoms with Gasteiger partial charge in [0.15, 0.2) is 0 Å². The van der Waals surface area contributed by atoms with Gasteiger partial charge >= 0.3 is 0 Å². The number of hydrogen-bond acceptors (Lipinski definition) is 6. The highest BCUT2D eigenvalue weighted by Crippen LogP contribution is 2.23. The molecule has 1 rings (SSSR count). The van der Waals surface area contributed by atoms with E-state index in [1.807, 2.05) is 0 Å². The minimum Gasteiger partial charge on any atom is -0.398 e. The highest BCUT2D eigenvalue weighted by atomic mass is 32.1. The van der Waals surface area contributed by atoms with Gasteiger partial charge in [0.1, 0.15) is 5.54 Å². The second kappa shape index (κ2) is 5.46. The summed E-state index contributed by atoms with van der Waals surface area (Å²) in [6.07, 6.45) is 0. The zero-order valence-electron chi connectivity index (χ0n) is 9.43. The number of aryl methyl sites for hydroxylation is 1. The van der Waals surface area contributed by atoms with Crippen molar-refractivity contribution in [1.29, 1.82) is 0 Å². The molecule has 0 aliphatic rings. The molecule has 0 unspecified atom stereocenters. The molecule has 1 aromatic rings. The lowest BCUT2D eigenvalue weighted by molar-refractivity contribution is 0.0377. The van der Waals surface area contributed by atoms with Crippen molar-refractivity contribution in [1.82, 2.24) is 5.32 Å². The minimum atomic E-state index is -1.41. The van der Waals surface area contributed by atoms with Gasteiger partial charge in [-0.2, -0.15) is 0 Å². The Hall–Kier alpha value is -1.15. The van der Waals surface area contributed by atoms with E-state index in [0.717, 1.165) is 4.88 Å². The molecule has 1 amide bonds. The first-order chi connectivity index (χ1) is 7.98. The van der Waals surface area contributed by atoms with Gasteiger partial charge < -0.3 is 26.4 Å². The molecule has 0 saturated carbocycles. The first-order valence-electron chi connectivity index (χ1n) is 4.99. The normalized spacial score (nSPS) is 11.5. The molecule has 0 saturated heterocycles. The number of hydrogen-bond donors (Lipinski definition) is 5. The molecule has 7 heteroatoms. The predicted molar refractivity (Wildman–Crippen MR) is 64.9 cm³/mol. The molecule has 0 spiro atoms. The Labute approximate surface area is 103 Å². The highest BCUT2D eigenvalue weighted by Gasteiger charge is 2.30. The predicted octanol–water partition coefficient (Wildman–Crippen LogP) is -0.916. The van der Waals surface area contributed by atoms with Gasteiger partial charge in [-0.15, -0.1) is 11.3 Å². The summed E-state index contributed by atoms with van der Waals surface area (Å²) in [5.74, 6) is -0.480. The molecule has 6 N–H and O–H groups in total. The van der Waals surface area contributed by atoms with Crippen LogP contribution in [0.15, 0.2) is 6.07 Å². The monoisotopic (exact) mass is 260 g/mol. The zero-order valence-corrected chi connectivity index (χ0v) is 10.3. The molecule has 0 bridgehead atoms. The number of carbonyl (C=O) groups excluding carboxylic acids is 1. The summed E-state index contributed by atoms with van der Waals surface area (Å²) in [4.78, 5) is 13.0. The second-order valence-corrected chi connectivity index (χ2v) is 5.09. The van der Waals surface area contributed by atoms with E-state index in [-0.39, 0.29) is 0 Å². The maximum Gasteiger partial charge on any atom is 0.262 e. The van der Waals surface area contributed by atoms with Crippen LogP contribution in [-0.2, 0) is 0 Å². The fourth-order valence-corrected chi connectivity index (χ4v) is 2.02. The van der Waals surface area contributed by atoms with Crippen molar-refractivity contribution in [2.24, 2.45) is 0 Å². The number of nitrogens with one attached hydrogen (secondary N) is 1. The Balaban J connectivity index is 2.84. The van der Waals surface area contributed by atoms with Crippen molar-refractivity contribution in [3.8, 4) is 0 Å². The largest absolute Gasteiger partial charge is 0.398 e. The van der Waals surface area contributed by atoms with Crippen LogP contribution in [0.1, 0.15) is 14.5 Å². The Morgan fingerprint density at radius 2 is 1.94 bits per heavy atom. The molecular weight excluding hydrogens is 244 g/mol. The van der Waals surface area contributed by atoms with Crippen molar-refractivity contribution < 1.29 is 20.1 Å². The average molecular weight is 260 g/mol. The summed E-state index contributed by atoms with van der Waals surface area (Å²) in [6.45, 7) is 0.136. The molecule has 0 aliphatic heterocycles. The maximum atomic E-state index is 11.8. The summed E-state index contributed by atoms with van der Waals surface area (Å²) in [5.41, 5.74) is 4.73. The van der Waals surface area contributed by atoms with E-state index in [4.69, 9.17) is 21.1 Å². The fraction of sp³-hybridized carbons (Fsp3) is 0.500. The number of anilines is 1. The summed E-state index contributed by atoms with van der Waals surface area (Å²) < 4.78 is 0. The standard InChI is InChI=1S/C10H16N2O4S/c1-6-7(11)2-8(17-6)9(16)12-10(3-13,4-14)5-15/h2,13-15H,3-5,11H2,1H3,(H,12,16). The number of amides is 1. The third kappa shape index (κ3) is 2.95. The molecule has 1 heterocycles. The van der Waals surface area contributed by atoms with Crippen LogP contribution in [0.25, 0.3) is 0 Å². The van der Waals surface area contributed by atoms with E-state index in [2.05, 4.69) is 5.32 Å². The van der Waals surface area contributed by atoms with Gasteiger partial charge in [-0.1, -0.05) is 0 Å². The van der Waals surface area contributed by atoms with E-state index in [1.54, 1.807) is 6.92 Å². The van der Waals surface area contributed by atoms with Gasteiger partial charge in [-0.3, -0.25) is 4.79 Å². The molecule has 1 aromatic heterocycles. The number of aliphatic hydroxyl groups excluding tert-OH is 3. The lowest BCUT2D eigenvalue weighted by Gasteiger charge is -2.28. The SMILES string of the molecule is Cc1sc(C(=O)NC(CO)(CO)CO)cc1N. The number of rotatable bonds is 5. The first kappa shape index (κ1) is 13.9. The van der Waals surface area contributed by atoms with Crippen LogP contribution >= 0.6 is 11.3 Å². The molecule has 0 aromatic carbocycles. The molecule has 6 nitrogen and oxygen atoms in total. The average Bonchev–Trinajstić information content (AvgIpc) is 2.67. The Morgan fingerprint density at radius 3 is 2.29 bits per heavy atom. The first-order valence-corrected chi connectivity index (χ1v) is 5.80. The lowest BCUT2D eigenvalue weighted by atomic mass is 10.0. The van der Waals surface area contributed by atoms with Crippen LogP contribution < -0.4 is 11.1 Å². The van der Waals surface area contributed by atoms with E-state index < -0.39 is 31.3 Å². The maximum absolute atomic E-state index is 11.8. The van der Waals surface area contributed by atoms with Crippen LogP contribution in [0.3, 0.4) is 0 Å². The topological polar surface area (TPSA) is 116 Å². The van der Waals surface area contributed by atoms with Gasteiger partial charge in [0, 0.05) is 10.6 Å². The summed E-state index contributed by atoms with van der Waals surface area (Å²) in [7, 11) is 0.